The summed E-state index contributed by atoms with van der Waals surface area (Å²) < 4.78 is 0. The van der Waals surface area contributed by atoms with E-state index < -0.39 is 17.6 Å². The Morgan fingerprint density at radius 1 is 1.64 bits per heavy atom. The third kappa shape index (κ3) is 1.70. The SMILES string of the molecule is CC(N)C(C)(C(=O)O)N(C)C. The van der Waals surface area contributed by atoms with Crippen molar-refractivity contribution in [3.63, 3.8) is 0 Å². The van der Waals surface area contributed by atoms with Crippen LogP contribution in [0.15, 0.2) is 0 Å². The molecule has 2 atom stereocenters. The summed E-state index contributed by atoms with van der Waals surface area (Å²) in [4.78, 5) is 12.4. The van der Waals surface area contributed by atoms with E-state index in [1.807, 2.05) is 0 Å². The molecule has 0 aromatic carbocycles. The number of rotatable bonds is 3. The molecule has 0 aliphatic rings. The highest BCUT2D eigenvalue weighted by Gasteiger charge is 2.39. The van der Waals surface area contributed by atoms with Gasteiger partial charge in [-0.2, -0.15) is 0 Å². The second-order valence-electron chi connectivity index (χ2n) is 3.14. The maximum Gasteiger partial charge on any atom is 0.325 e. The Hall–Kier alpha value is -0.610. The summed E-state index contributed by atoms with van der Waals surface area (Å²) in [5.74, 6) is -0.891. The minimum atomic E-state index is -0.972. The second kappa shape index (κ2) is 3.19. The molecular weight excluding hydrogens is 144 g/mol. The number of carboxylic acid groups (broad SMARTS) is 1. The largest absolute Gasteiger partial charge is 0.480 e. The van der Waals surface area contributed by atoms with Crippen molar-refractivity contribution in [2.75, 3.05) is 14.1 Å². The number of likely N-dealkylation sites (N-methyl/N-ethyl adjacent to an activating group) is 1. The Morgan fingerprint density at radius 2 is 2.00 bits per heavy atom. The average Bonchev–Trinajstić information content (AvgIpc) is 1.84. The minimum Gasteiger partial charge on any atom is -0.480 e. The van der Waals surface area contributed by atoms with E-state index in [1.54, 1.807) is 32.8 Å². The molecule has 0 aromatic heterocycles. The molecule has 0 saturated heterocycles. The van der Waals surface area contributed by atoms with E-state index in [1.165, 1.54) is 0 Å². The van der Waals surface area contributed by atoms with Crippen LogP contribution in [0.3, 0.4) is 0 Å². The summed E-state index contributed by atoms with van der Waals surface area (Å²) in [5, 5.41) is 8.85. The Kier molecular flexibility index (Phi) is 3.02. The van der Waals surface area contributed by atoms with Crippen LogP contribution in [0.1, 0.15) is 13.8 Å². The van der Waals surface area contributed by atoms with Crippen molar-refractivity contribution in [1.82, 2.24) is 4.90 Å². The summed E-state index contributed by atoms with van der Waals surface area (Å²) in [7, 11) is 3.41. The van der Waals surface area contributed by atoms with Gasteiger partial charge in [0.05, 0.1) is 0 Å². The second-order valence-corrected chi connectivity index (χ2v) is 3.14. The normalized spacial score (nSPS) is 19.5. The van der Waals surface area contributed by atoms with Crippen LogP contribution in [0.5, 0.6) is 0 Å². The van der Waals surface area contributed by atoms with Gasteiger partial charge in [-0.3, -0.25) is 9.69 Å². The molecule has 0 aromatic rings. The number of carboxylic acids is 1. The molecule has 0 amide bonds. The highest BCUT2D eigenvalue weighted by Crippen LogP contribution is 2.14. The zero-order chi connectivity index (χ0) is 9.23. The van der Waals surface area contributed by atoms with Gasteiger partial charge in [0.15, 0.2) is 0 Å². The fourth-order valence-corrected chi connectivity index (χ4v) is 0.793. The maximum atomic E-state index is 10.8. The van der Waals surface area contributed by atoms with Crippen LogP contribution in [0.25, 0.3) is 0 Å². The molecule has 3 N–H and O–H groups in total. The fourth-order valence-electron chi connectivity index (χ4n) is 0.793. The highest BCUT2D eigenvalue weighted by atomic mass is 16.4. The molecule has 0 rings (SSSR count). The predicted molar refractivity (Wildman–Crippen MR) is 43.4 cm³/mol. The van der Waals surface area contributed by atoms with Gasteiger partial charge in [-0.05, 0) is 27.9 Å². The number of nitrogens with two attached hydrogens (primary N) is 1. The van der Waals surface area contributed by atoms with Gasteiger partial charge in [0.2, 0.25) is 0 Å². The first-order valence-electron chi connectivity index (χ1n) is 3.50. The van der Waals surface area contributed by atoms with Crippen molar-refractivity contribution in [1.29, 1.82) is 0 Å². The van der Waals surface area contributed by atoms with Crippen molar-refractivity contribution >= 4 is 5.97 Å². The number of hydrogen-bond acceptors (Lipinski definition) is 3. The van der Waals surface area contributed by atoms with Crippen molar-refractivity contribution in [2.45, 2.75) is 25.4 Å². The summed E-state index contributed by atoms with van der Waals surface area (Å²) in [6, 6.07) is -0.394. The van der Waals surface area contributed by atoms with Crippen molar-refractivity contribution < 1.29 is 9.90 Å². The molecule has 4 heteroatoms. The molecule has 4 nitrogen and oxygen atoms in total. The Balaban J connectivity index is 4.67. The minimum absolute atomic E-state index is 0.394. The first-order valence-corrected chi connectivity index (χ1v) is 3.50. The van der Waals surface area contributed by atoms with E-state index in [9.17, 15) is 4.79 Å². The average molecular weight is 160 g/mol. The van der Waals surface area contributed by atoms with Crippen LogP contribution >= 0.6 is 0 Å². The quantitative estimate of drug-likeness (QED) is 0.597. The van der Waals surface area contributed by atoms with Gasteiger partial charge >= 0.3 is 5.97 Å². The van der Waals surface area contributed by atoms with Crippen LogP contribution in [0.2, 0.25) is 0 Å². The van der Waals surface area contributed by atoms with E-state index in [-0.39, 0.29) is 0 Å². The smallest absolute Gasteiger partial charge is 0.325 e. The zero-order valence-electron chi connectivity index (χ0n) is 7.46. The van der Waals surface area contributed by atoms with Crippen molar-refractivity contribution in [3.05, 3.63) is 0 Å². The lowest BCUT2D eigenvalue weighted by molar-refractivity contribution is -0.149. The summed E-state index contributed by atoms with van der Waals surface area (Å²) in [6.07, 6.45) is 0. The molecule has 11 heavy (non-hydrogen) atoms. The molecule has 0 radical (unpaired) electrons. The molecular formula is C7H16N2O2. The van der Waals surface area contributed by atoms with E-state index in [4.69, 9.17) is 10.8 Å². The predicted octanol–water partition coefficient (Wildman–Crippen LogP) is -0.261. The number of aliphatic carboxylic acids is 1. The van der Waals surface area contributed by atoms with Gasteiger partial charge in [0, 0.05) is 6.04 Å². The Bertz CT molecular complexity index is 147. The molecule has 0 fully saturated rings. The highest BCUT2D eigenvalue weighted by molar-refractivity contribution is 5.79. The first kappa shape index (κ1) is 10.4. The van der Waals surface area contributed by atoms with Crippen molar-refractivity contribution in [3.8, 4) is 0 Å². The topological polar surface area (TPSA) is 66.6 Å². The van der Waals surface area contributed by atoms with E-state index in [0.717, 1.165) is 0 Å². The van der Waals surface area contributed by atoms with E-state index >= 15 is 0 Å². The number of carbonyl (C=O) groups is 1. The lowest BCUT2D eigenvalue weighted by Gasteiger charge is -2.35. The molecule has 0 spiro atoms. The number of hydrogen-bond donors (Lipinski definition) is 2. The third-order valence-electron chi connectivity index (χ3n) is 2.25. The molecule has 66 valence electrons. The van der Waals surface area contributed by atoms with Gasteiger partial charge in [-0.15, -0.1) is 0 Å². The monoisotopic (exact) mass is 160 g/mol. The van der Waals surface area contributed by atoms with E-state index in [0.29, 0.717) is 0 Å². The molecule has 0 bridgehead atoms. The van der Waals surface area contributed by atoms with Crippen LogP contribution in [0.4, 0.5) is 0 Å². The van der Waals surface area contributed by atoms with E-state index in [2.05, 4.69) is 0 Å². The molecule has 2 unspecified atom stereocenters. The first-order chi connectivity index (χ1) is 4.83. The van der Waals surface area contributed by atoms with Crippen LogP contribution in [0, 0.1) is 0 Å². The molecule has 0 aliphatic carbocycles. The van der Waals surface area contributed by atoms with Gasteiger partial charge in [-0.1, -0.05) is 0 Å². The fraction of sp³-hybridized carbons (Fsp3) is 0.857. The maximum absolute atomic E-state index is 10.8. The van der Waals surface area contributed by atoms with Gasteiger partial charge < -0.3 is 10.8 Å². The summed E-state index contributed by atoms with van der Waals surface area (Å²) in [6.45, 7) is 3.30. The lowest BCUT2D eigenvalue weighted by Crippen LogP contribution is -2.59. The summed E-state index contributed by atoms with van der Waals surface area (Å²) in [5.41, 5.74) is 4.58. The third-order valence-corrected chi connectivity index (χ3v) is 2.25. The molecule has 0 aliphatic heterocycles. The Labute approximate surface area is 67.0 Å². The van der Waals surface area contributed by atoms with Crippen LogP contribution in [-0.2, 0) is 4.79 Å². The molecule has 0 heterocycles. The van der Waals surface area contributed by atoms with Crippen LogP contribution < -0.4 is 5.73 Å². The standard InChI is InChI=1S/C7H16N2O2/c1-5(8)7(2,6(10)11)9(3)4/h5H,8H2,1-4H3,(H,10,11). The lowest BCUT2D eigenvalue weighted by atomic mass is 9.93. The van der Waals surface area contributed by atoms with Gasteiger partial charge in [0.25, 0.3) is 0 Å². The van der Waals surface area contributed by atoms with Crippen molar-refractivity contribution in [2.24, 2.45) is 5.73 Å². The number of nitrogens with zero attached hydrogens (tertiary/aromatic N) is 1. The van der Waals surface area contributed by atoms with Crippen LogP contribution in [-0.4, -0.2) is 41.7 Å². The molecule has 0 saturated carbocycles. The van der Waals surface area contributed by atoms with Gasteiger partial charge in [0.1, 0.15) is 5.54 Å². The zero-order valence-corrected chi connectivity index (χ0v) is 7.46. The Morgan fingerprint density at radius 3 is 2.00 bits per heavy atom. The summed E-state index contributed by atoms with van der Waals surface area (Å²) >= 11 is 0. The van der Waals surface area contributed by atoms with Gasteiger partial charge in [-0.25, -0.2) is 0 Å².